The average Bonchev–Trinajstić information content (AvgIpc) is 3.05. The van der Waals surface area contributed by atoms with E-state index in [-0.39, 0.29) is 0 Å². The summed E-state index contributed by atoms with van der Waals surface area (Å²) in [6, 6.07) is 17.1. The van der Waals surface area contributed by atoms with Crippen LogP contribution in [0.2, 0.25) is 0 Å². The van der Waals surface area contributed by atoms with Gasteiger partial charge < -0.3 is 14.4 Å². The number of hydrogen-bond acceptors (Lipinski definition) is 4. The first kappa shape index (κ1) is 17.9. The second-order valence-electron chi connectivity index (χ2n) is 7.19. The van der Waals surface area contributed by atoms with Crippen molar-refractivity contribution < 1.29 is 9.47 Å². The summed E-state index contributed by atoms with van der Waals surface area (Å²) in [6.45, 7) is 7.10. The van der Waals surface area contributed by atoms with E-state index in [1.165, 1.54) is 16.8 Å². The number of terminal acetylenes is 1. The molecule has 0 bridgehead atoms. The molecule has 2 aromatic rings. The minimum absolute atomic E-state index is 0.303. The summed E-state index contributed by atoms with van der Waals surface area (Å²) in [5, 5.41) is 0. The molecule has 4 nitrogen and oxygen atoms in total. The Kier molecular flexibility index (Phi) is 5.62. The van der Waals surface area contributed by atoms with Crippen LogP contribution in [0.5, 0.6) is 5.75 Å². The van der Waals surface area contributed by atoms with Crippen molar-refractivity contribution in [3.63, 3.8) is 0 Å². The molecule has 4 rings (SSSR count). The van der Waals surface area contributed by atoms with Crippen molar-refractivity contribution in [2.24, 2.45) is 0 Å². The fourth-order valence-electron chi connectivity index (χ4n) is 4.06. The zero-order valence-electron chi connectivity index (χ0n) is 15.6. The van der Waals surface area contributed by atoms with Crippen LogP contribution in [0.15, 0.2) is 48.5 Å². The van der Waals surface area contributed by atoms with Gasteiger partial charge in [0.2, 0.25) is 0 Å². The third-order valence-electron chi connectivity index (χ3n) is 5.33. The Morgan fingerprint density at radius 2 is 1.96 bits per heavy atom. The van der Waals surface area contributed by atoms with Crippen LogP contribution in [0.1, 0.15) is 17.0 Å². The van der Waals surface area contributed by atoms with Gasteiger partial charge in [-0.1, -0.05) is 36.3 Å². The predicted molar refractivity (Wildman–Crippen MR) is 108 cm³/mol. The lowest BCUT2D eigenvalue weighted by Gasteiger charge is -2.29. The molecule has 0 saturated carbocycles. The van der Waals surface area contributed by atoms with Crippen LogP contribution in [-0.2, 0) is 11.3 Å². The third-order valence-corrected chi connectivity index (χ3v) is 5.33. The highest BCUT2D eigenvalue weighted by Crippen LogP contribution is 2.37. The van der Waals surface area contributed by atoms with Crippen molar-refractivity contribution >= 4 is 5.69 Å². The Bertz CT molecular complexity index is 808. The van der Waals surface area contributed by atoms with E-state index in [4.69, 9.17) is 15.9 Å². The Labute approximate surface area is 161 Å². The Balaban J connectivity index is 1.48. The first-order valence-electron chi connectivity index (χ1n) is 9.62. The van der Waals surface area contributed by atoms with Crippen molar-refractivity contribution in [3.05, 3.63) is 59.7 Å². The number of rotatable bonds is 6. The lowest BCUT2D eigenvalue weighted by atomic mass is 10.0. The summed E-state index contributed by atoms with van der Waals surface area (Å²) < 4.78 is 11.1. The lowest BCUT2D eigenvalue weighted by molar-refractivity contribution is 0.0356. The molecule has 0 unspecified atom stereocenters. The summed E-state index contributed by atoms with van der Waals surface area (Å²) in [7, 11) is 0. The molecule has 0 radical (unpaired) electrons. The van der Waals surface area contributed by atoms with E-state index >= 15 is 0 Å². The maximum Gasteiger partial charge on any atom is 0.148 e. The second-order valence-corrected chi connectivity index (χ2v) is 7.19. The molecule has 0 amide bonds. The number of ether oxygens (including phenoxy) is 2. The maximum absolute atomic E-state index is 5.58. The topological polar surface area (TPSA) is 24.9 Å². The van der Waals surface area contributed by atoms with Crippen molar-refractivity contribution in [1.29, 1.82) is 0 Å². The Hall–Kier alpha value is -2.48. The molecule has 1 fully saturated rings. The molecule has 0 aliphatic carbocycles. The standard InChI is InChI=1S/C23H26N2O2/c1-2-12-27-21-7-5-6-19(15-21)16-25-18-20(17-24-10-13-26-14-11-24)22-8-3-4-9-23(22)25/h1,3-9,15,20H,10-14,16-18H2/t20-/m1/s1. The highest BCUT2D eigenvalue weighted by atomic mass is 16.5. The molecule has 1 saturated heterocycles. The maximum atomic E-state index is 5.58. The minimum Gasteiger partial charge on any atom is -0.481 e. The highest BCUT2D eigenvalue weighted by Gasteiger charge is 2.30. The predicted octanol–water partition coefficient (Wildman–Crippen LogP) is 3.13. The molecule has 0 N–H and O–H groups in total. The van der Waals surface area contributed by atoms with Crippen molar-refractivity contribution in [2.75, 3.05) is 50.9 Å². The van der Waals surface area contributed by atoms with Crippen molar-refractivity contribution in [2.45, 2.75) is 12.5 Å². The van der Waals surface area contributed by atoms with Crippen LogP contribution in [0, 0.1) is 12.3 Å². The molecule has 2 heterocycles. The number of fused-ring (bicyclic) bond motifs is 1. The summed E-state index contributed by atoms with van der Waals surface area (Å²) in [4.78, 5) is 5.02. The third kappa shape index (κ3) is 4.27. The van der Waals surface area contributed by atoms with Gasteiger partial charge in [-0.25, -0.2) is 0 Å². The van der Waals surface area contributed by atoms with E-state index in [1.807, 2.05) is 12.1 Å². The number of nitrogens with zero attached hydrogens (tertiary/aromatic N) is 2. The van der Waals surface area contributed by atoms with Gasteiger partial charge in [-0.2, -0.15) is 0 Å². The fraction of sp³-hybridized carbons (Fsp3) is 0.391. The van der Waals surface area contributed by atoms with Gasteiger partial charge in [-0.3, -0.25) is 4.90 Å². The van der Waals surface area contributed by atoms with Crippen LogP contribution < -0.4 is 9.64 Å². The summed E-state index contributed by atoms with van der Waals surface area (Å²) >= 11 is 0. The smallest absolute Gasteiger partial charge is 0.148 e. The largest absolute Gasteiger partial charge is 0.481 e. The van der Waals surface area contributed by atoms with Crippen molar-refractivity contribution in [3.8, 4) is 18.1 Å². The SMILES string of the molecule is C#CCOc1cccc(CN2C[C@@H](CN3CCOCC3)c3ccccc32)c1. The van der Waals surface area contributed by atoms with Gasteiger partial charge in [0.25, 0.3) is 0 Å². The quantitative estimate of drug-likeness (QED) is 0.737. The molecule has 2 aliphatic heterocycles. The van der Waals surface area contributed by atoms with Gasteiger partial charge in [-0.05, 0) is 29.3 Å². The zero-order chi connectivity index (χ0) is 18.5. The first-order valence-corrected chi connectivity index (χ1v) is 9.62. The Morgan fingerprint density at radius 3 is 2.81 bits per heavy atom. The highest BCUT2D eigenvalue weighted by molar-refractivity contribution is 5.60. The molecule has 1 atom stereocenters. The Morgan fingerprint density at radius 1 is 1.11 bits per heavy atom. The van der Waals surface area contributed by atoms with Crippen LogP contribution in [0.25, 0.3) is 0 Å². The van der Waals surface area contributed by atoms with E-state index in [0.29, 0.717) is 12.5 Å². The molecule has 2 aromatic carbocycles. The van der Waals surface area contributed by atoms with Crippen LogP contribution in [0.4, 0.5) is 5.69 Å². The molecule has 2 aliphatic rings. The van der Waals surface area contributed by atoms with Crippen molar-refractivity contribution in [1.82, 2.24) is 4.90 Å². The lowest BCUT2D eigenvalue weighted by Crippen LogP contribution is -2.39. The average molecular weight is 362 g/mol. The van der Waals surface area contributed by atoms with Crippen LogP contribution in [-0.4, -0.2) is 50.9 Å². The molecule has 0 spiro atoms. The van der Waals surface area contributed by atoms with Gasteiger partial charge in [0.05, 0.1) is 13.2 Å². The zero-order valence-corrected chi connectivity index (χ0v) is 15.6. The molecular formula is C23H26N2O2. The summed E-state index contributed by atoms with van der Waals surface area (Å²) in [5.74, 6) is 3.90. The minimum atomic E-state index is 0.303. The number of anilines is 1. The fourth-order valence-corrected chi connectivity index (χ4v) is 4.06. The number of benzene rings is 2. The normalized spacial score (nSPS) is 19.5. The van der Waals surface area contributed by atoms with Gasteiger partial charge in [0.1, 0.15) is 12.4 Å². The van der Waals surface area contributed by atoms with Crippen LogP contribution >= 0.6 is 0 Å². The molecule has 27 heavy (non-hydrogen) atoms. The van der Waals surface area contributed by atoms with E-state index in [1.54, 1.807) is 0 Å². The van der Waals surface area contributed by atoms with Gasteiger partial charge >= 0.3 is 0 Å². The van der Waals surface area contributed by atoms with Crippen LogP contribution in [0.3, 0.4) is 0 Å². The van der Waals surface area contributed by atoms with E-state index < -0.39 is 0 Å². The molecule has 4 heteroatoms. The van der Waals surface area contributed by atoms with E-state index in [2.05, 4.69) is 52.1 Å². The van der Waals surface area contributed by atoms with Gasteiger partial charge in [0.15, 0.2) is 0 Å². The van der Waals surface area contributed by atoms with E-state index in [9.17, 15) is 0 Å². The monoisotopic (exact) mass is 362 g/mol. The molecular weight excluding hydrogens is 336 g/mol. The first-order chi connectivity index (χ1) is 13.3. The number of hydrogen-bond donors (Lipinski definition) is 0. The number of para-hydroxylation sites is 1. The molecule has 140 valence electrons. The molecule has 0 aromatic heterocycles. The second kappa shape index (κ2) is 8.47. The van der Waals surface area contributed by atoms with E-state index in [0.717, 1.165) is 51.7 Å². The van der Waals surface area contributed by atoms with Gasteiger partial charge in [0, 0.05) is 44.3 Å². The summed E-state index contributed by atoms with van der Waals surface area (Å²) in [6.07, 6.45) is 5.30. The van der Waals surface area contributed by atoms with Gasteiger partial charge in [-0.15, -0.1) is 6.42 Å². The summed E-state index contributed by atoms with van der Waals surface area (Å²) in [5.41, 5.74) is 4.06. The number of morpholine rings is 1.